The highest BCUT2D eigenvalue weighted by atomic mass is 19.1. The van der Waals surface area contributed by atoms with Gasteiger partial charge >= 0.3 is 0 Å². The van der Waals surface area contributed by atoms with Gasteiger partial charge in [0.05, 0.1) is 0 Å². The Morgan fingerprint density at radius 1 is 1.17 bits per heavy atom. The molecule has 0 bridgehead atoms. The number of nitrogens with zero attached hydrogens (tertiary/aromatic N) is 1. The molecule has 2 N–H and O–H groups in total. The fourth-order valence-electron chi connectivity index (χ4n) is 1.65. The Morgan fingerprint density at radius 2 is 1.94 bits per heavy atom. The van der Waals surface area contributed by atoms with E-state index in [1.807, 2.05) is 25.1 Å². The van der Waals surface area contributed by atoms with E-state index in [1.165, 1.54) is 6.07 Å². The van der Waals surface area contributed by atoms with Gasteiger partial charge in [-0.25, -0.2) is 9.37 Å². The Hall–Kier alpha value is -2.10. The third-order valence-electron chi connectivity index (χ3n) is 2.54. The summed E-state index contributed by atoms with van der Waals surface area (Å²) in [7, 11) is 0. The Balaban J connectivity index is 2.17. The van der Waals surface area contributed by atoms with Gasteiger partial charge in [-0.2, -0.15) is 0 Å². The lowest BCUT2D eigenvalue weighted by Crippen LogP contribution is -2.01. The molecule has 18 heavy (non-hydrogen) atoms. The molecule has 0 saturated heterocycles. The fourth-order valence-corrected chi connectivity index (χ4v) is 1.65. The first-order valence-electron chi connectivity index (χ1n) is 5.93. The minimum atomic E-state index is -0.199. The van der Waals surface area contributed by atoms with Crippen LogP contribution < -0.4 is 10.6 Å². The quantitative estimate of drug-likeness (QED) is 0.862. The van der Waals surface area contributed by atoms with Crippen LogP contribution >= 0.6 is 0 Å². The number of nitrogens with one attached hydrogen (secondary N) is 2. The molecule has 94 valence electrons. The predicted octanol–water partition coefficient (Wildman–Crippen LogP) is 3.70. The summed E-state index contributed by atoms with van der Waals surface area (Å²) in [4.78, 5) is 4.39. The van der Waals surface area contributed by atoms with Gasteiger partial charge in [0.25, 0.3) is 0 Å². The first kappa shape index (κ1) is 12.4. The second kappa shape index (κ2) is 5.49. The van der Waals surface area contributed by atoms with Gasteiger partial charge in [0.15, 0.2) is 0 Å². The van der Waals surface area contributed by atoms with Gasteiger partial charge in [-0.05, 0) is 49.7 Å². The first-order chi connectivity index (χ1) is 8.69. The minimum Gasteiger partial charge on any atom is -0.370 e. The molecule has 0 fully saturated rings. The van der Waals surface area contributed by atoms with E-state index in [1.54, 1.807) is 19.1 Å². The lowest BCUT2D eigenvalue weighted by molar-refractivity contribution is 0.619. The molecule has 2 aromatic rings. The minimum absolute atomic E-state index is 0.199. The maximum atomic E-state index is 13.1. The summed E-state index contributed by atoms with van der Waals surface area (Å²) in [6.45, 7) is 4.58. The average molecular weight is 245 g/mol. The van der Waals surface area contributed by atoms with Crippen molar-refractivity contribution < 1.29 is 4.39 Å². The van der Waals surface area contributed by atoms with Crippen molar-refractivity contribution in [1.29, 1.82) is 0 Å². The molecule has 0 aliphatic rings. The van der Waals surface area contributed by atoms with Crippen LogP contribution in [-0.4, -0.2) is 11.5 Å². The number of aromatic nitrogens is 1. The number of anilines is 3. The number of halogens is 1. The van der Waals surface area contributed by atoms with Crippen molar-refractivity contribution in [1.82, 2.24) is 4.98 Å². The second-order valence-electron chi connectivity index (χ2n) is 4.03. The van der Waals surface area contributed by atoms with Crippen molar-refractivity contribution in [2.45, 2.75) is 13.8 Å². The number of hydrogen-bond acceptors (Lipinski definition) is 3. The van der Waals surface area contributed by atoms with Crippen LogP contribution in [0.5, 0.6) is 0 Å². The number of benzene rings is 1. The molecule has 0 aliphatic carbocycles. The summed E-state index contributed by atoms with van der Waals surface area (Å²) in [5, 5.41) is 6.30. The van der Waals surface area contributed by atoms with Gasteiger partial charge in [-0.15, -0.1) is 0 Å². The van der Waals surface area contributed by atoms with E-state index in [0.29, 0.717) is 5.56 Å². The monoisotopic (exact) mass is 245 g/mol. The van der Waals surface area contributed by atoms with E-state index in [-0.39, 0.29) is 5.82 Å². The standard InChI is InChI=1S/C14H16FN3/c1-3-16-13-5-4-6-14(18-13)17-11-7-8-12(15)10(2)9-11/h4-9H,3H2,1-2H3,(H2,16,17,18). The molecule has 0 spiro atoms. The van der Waals surface area contributed by atoms with Crippen LogP contribution in [0.4, 0.5) is 21.7 Å². The summed E-state index contributed by atoms with van der Waals surface area (Å²) in [5.41, 5.74) is 1.44. The molecule has 0 saturated carbocycles. The maximum absolute atomic E-state index is 13.1. The average Bonchev–Trinajstić information content (AvgIpc) is 2.35. The van der Waals surface area contributed by atoms with Crippen molar-refractivity contribution in [3.05, 3.63) is 47.8 Å². The molecule has 4 heteroatoms. The molecule has 0 radical (unpaired) electrons. The molecule has 2 rings (SSSR count). The Kier molecular flexibility index (Phi) is 3.77. The highest BCUT2D eigenvalue weighted by Crippen LogP contribution is 2.18. The van der Waals surface area contributed by atoms with E-state index < -0.39 is 0 Å². The van der Waals surface area contributed by atoms with E-state index in [2.05, 4.69) is 15.6 Å². The zero-order valence-electron chi connectivity index (χ0n) is 10.5. The molecule has 3 nitrogen and oxygen atoms in total. The highest BCUT2D eigenvalue weighted by molar-refractivity contribution is 5.58. The SMILES string of the molecule is CCNc1cccc(Nc2ccc(F)c(C)c2)n1. The molecule has 0 amide bonds. The van der Waals surface area contributed by atoms with E-state index in [0.717, 1.165) is 23.9 Å². The molecular weight excluding hydrogens is 229 g/mol. The zero-order valence-corrected chi connectivity index (χ0v) is 10.5. The van der Waals surface area contributed by atoms with Crippen LogP contribution in [0.3, 0.4) is 0 Å². The number of rotatable bonds is 4. The van der Waals surface area contributed by atoms with E-state index >= 15 is 0 Å². The lowest BCUT2D eigenvalue weighted by Gasteiger charge is -2.09. The van der Waals surface area contributed by atoms with Crippen molar-refractivity contribution >= 4 is 17.3 Å². The third-order valence-corrected chi connectivity index (χ3v) is 2.54. The van der Waals surface area contributed by atoms with Crippen LogP contribution in [0, 0.1) is 12.7 Å². The van der Waals surface area contributed by atoms with Gasteiger partial charge in [-0.3, -0.25) is 0 Å². The summed E-state index contributed by atoms with van der Waals surface area (Å²) in [6.07, 6.45) is 0. The fraction of sp³-hybridized carbons (Fsp3) is 0.214. The first-order valence-corrected chi connectivity index (χ1v) is 5.93. The Bertz CT molecular complexity index is 540. The normalized spacial score (nSPS) is 10.2. The topological polar surface area (TPSA) is 37.0 Å². The smallest absolute Gasteiger partial charge is 0.132 e. The third kappa shape index (κ3) is 2.97. The van der Waals surface area contributed by atoms with Gasteiger partial charge in [0.2, 0.25) is 0 Å². The Labute approximate surface area is 106 Å². The van der Waals surface area contributed by atoms with Crippen molar-refractivity contribution in [3.8, 4) is 0 Å². The van der Waals surface area contributed by atoms with Crippen LogP contribution in [0.15, 0.2) is 36.4 Å². The summed E-state index contributed by atoms with van der Waals surface area (Å²) in [5.74, 6) is 1.36. The number of aryl methyl sites for hydroxylation is 1. The number of pyridine rings is 1. The second-order valence-corrected chi connectivity index (χ2v) is 4.03. The van der Waals surface area contributed by atoms with Gasteiger partial charge in [0.1, 0.15) is 17.5 Å². The molecule has 0 unspecified atom stereocenters. The van der Waals surface area contributed by atoms with Crippen LogP contribution in [0.25, 0.3) is 0 Å². The van der Waals surface area contributed by atoms with Gasteiger partial charge < -0.3 is 10.6 Å². The highest BCUT2D eigenvalue weighted by Gasteiger charge is 2.01. The van der Waals surface area contributed by atoms with Crippen LogP contribution in [-0.2, 0) is 0 Å². The molecular formula is C14H16FN3. The van der Waals surface area contributed by atoms with Gasteiger partial charge in [-0.1, -0.05) is 6.07 Å². The molecule has 1 heterocycles. The predicted molar refractivity (Wildman–Crippen MR) is 72.8 cm³/mol. The zero-order chi connectivity index (χ0) is 13.0. The lowest BCUT2D eigenvalue weighted by atomic mass is 10.2. The summed E-state index contributed by atoms with van der Waals surface area (Å²) < 4.78 is 13.1. The van der Waals surface area contributed by atoms with Crippen LogP contribution in [0.1, 0.15) is 12.5 Å². The molecule has 0 atom stereocenters. The van der Waals surface area contributed by atoms with E-state index in [4.69, 9.17) is 0 Å². The van der Waals surface area contributed by atoms with Crippen molar-refractivity contribution in [3.63, 3.8) is 0 Å². The summed E-state index contributed by atoms with van der Waals surface area (Å²) in [6, 6.07) is 10.6. The van der Waals surface area contributed by atoms with Crippen molar-refractivity contribution in [2.24, 2.45) is 0 Å². The summed E-state index contributed by atoms with van der Waals surface area (Å²) >= 11 is 0. The molecule has 1 aromatic heterocycles. The molecule has 0 aliphatic heterocycles. The maximum Gasteiger partial charge on any atom is 0.132 e. The van der Waals surface area contributed by atoms with E-state index in [9.17, 15) is 4.39 Å². The van der Waals surface area contributed by atoms with Crippen molar-refractivity contribution in [2.75, 3.05) is 17.2 Å². The molecule has 1 aromatic carbocycles. The van der Waals surface area contributed by atoms with Gasteiger partial charge in [0, 0.05) is 12.2 Å². The number of hydrogen-bond donors (Lipinski definition) is 2. The largest absolute Gasteiger partial charge is 0.370 e. The Morgan fingerprint density at radius 3 is 2.67 bits per heavy atom. The van der Waals surface area contributed by atoms with Crippen LogP contribution in [0.2, 0.25) is 0 Å².